The molecule has 2 amide bonds. The molecule has 4 rings (SSSR count). The number of hydrogen-bond acceptors (Lipinski definition) is 10. The van der Waals surface area contributed by atoms with Crippen LogP contribution in [0.15, 0.2) is 29.1 Å². The zero-order chi connectivity index (χ0) is 30.8. The lowest BCUT2D eigenvalue weighted by Gasteiger charge is -2.36. The fourth-order valence-corrected chi connectivity index (χ4v) is 4.62. The van der Waals surface area contributed by atoms with Crippen molar-refractivity contribution in [1.29, 1.82) is 0 Å². The highest BCUT2D eigenvalue weighted by Crippen LogP contribution is 2.29. The molecule has 0 aromatic carbocycles. The number of fused-ring (bicyclic) bond motifs is 1. The largest absolute Gasteiger partial charge is 0.447 e. The Bertz CT molecular complexity index is 1370. The summed E-state index contributed by atoms with van der Waals surface area (Å²) in [5.74, 6) is 1.24. The summed E-state index contributed by atoms with van der Waals surface area (Å²) in [6, 6.07) is 1.72. The molecule has 1 fully saturated rings. The second-order valence-corrected chi connectivity index (χ2v) is 12.9. The van der Waals surface area contributed by atoms with E-state index in [1.807, 2.05) is 34.6 Å². The van der Waals surface area contributed by atoms with Gasteiger partial charge in [0.2, 0.25) is 5.89 Å². The van der Waals surface area contributed by atoms with Gasteiger partial charge >= 0.3 is 12.2 Å². The summed E-state index contributed by atoms with van der Waals surface area (Å²) in [6.07, 6.45) is 3.52. The van der Waals surface area contributed by atoms with Crippen LogP contribution in [0.2, 0.25) is 0 Å². The number of amides is 2. The first-order chi connectivity index (χ1) is 19.6. The van der Waals surface area contributed by atoms with Gasteiger partial charge in [-0.15, -0.1) is 0 Å². The third-order valence-corrected chi connectivity index (χ3v) is 6.69. The van der Waals surface area contributed by atoms with Gasteiger partial charge in [0.05, 0.1) is 25.0 Å². The van der Waals surface area contributed by atoms with Crippen molar-refractivity contribution in [2.24, 2.45) is 5.92 Å². The predicted molar refractivity (Wildman–Crippen MR) is 156 cm³/mol. The van der Waals surface area contributed by atoms with Gasteiger partial charge < -0.3 is 29.2 Å². The molecule has 0 radical (unpaired) electrons. The van der Waals surface area contributed by atoms with Crippen LogP contribution in [-0.4, -0.2) is 78.7 Å². The second-order valence-electron chi connectivity index (χ2n) is 12.9. The number of aliphatic hydroxyl groups excluding tert-OH is 1. The number of likely N-dealkylation sites (tertiary alicyclic amines) is 1. The maximum Gasteiger partial charge on any atom is 0.416 e. The minimum atomic E-state index is -0.744. The Morgan fingerprint density at radius 1 is 1.19 bits per heavy atom. The maximum absolute atomic E-state index is 13.5. The molecule has 2 atom stereocenters. The van der Waals surface area contributed by atoms with E-state index in [0.717, 1.165) is 5.56 Å². The number of hydrogen-bond donors (Lipinski definition) is 2. The molecule has 0 bridgehead atoms. The number of oxazole rings is 1. The van der Waals surface area contributed by atoms with Gasteiger partial charge in [-0.1, -0.05) is 13.8 Å². The van der Waals surface area contributed by atoms with Crippen LogP contribution in [0.3, 0.4) is 0 Å². The van der Waals surface area contributed by atoms with Crippen LogP contribution >= 0.6 is 0 Å². The summed E-state index contributed by atoms with van der Waals surface area (Å²) in [6.45, 7) is 16.0. The first-order valence-electron chi connectivity index (χ1n) is 14.3. The molecular weight excluding hydrogens is 542 g/mol. The zero-order valence-corrected chi connectivity index (χ0v) is 25.7. The molecule has 3 aromatic rings. The number of ether oxygens (including phenoxy) is 2. The second kappa shape index (κ2) is 12.2. The molecule has 13 heteroatoms. The van der Waals surface area contributed by atoms with Gasteiger partial charge in [-0.3, -0.25) is 4.90 Å². The number of β-amino-alcohol motifs (C(OH)–C–C–N with tert-alkyl or cyclic N) is 1. The Labute approximate surface area is 246 Å². The summed E-state index contributed by atoms with van der Waals surface area (Å²) in [5, 5.41) is 18.8. The van der Waals surface area contributed by atoms with Crippen LogP contribution in [0, 0.1) is 5.92 Å². The minimum Gasteiger partial charge on any atom is -0.447 e. The van der Waals surface area contributed by atoms with E-state index in [-0.39, 0.29) is 24.9 Å². The Morgan fingerprint density at radius 2 is 1.90 bits per heavy atom. The number of aromatic nitrogens is 4. The SMILES string of the molecule is CC(C)c1cnn2c(N(Cc3ncco3)C(=O)OC(C)(C)C)cc(NC[C@H]3CCN(C(=O)OC(C)(C)C)C[C@@H]3O)nc12. The molecule has 13 nitrogen and oxygen atoms in total. The highest BCUT2D eigenvalue weighted by Gasteiger charge is 2.33. The highest BCUT2D eigenvalue weighted by atomic mass is 16.6. The first-order valence-corrected chi connectivity index (χ1v) is 14.3. The van der Waals surface area contributed by atoms with Crippen molar-refractivity contribution in [2.75, 3.05) is 29.9 Å². The Balaban J connectivity index is 1.61. The van der Waals surface area contributed by atoms with E-state index in [1.165, 1.54) is 22.3 Å². The van der Waals surface area contributed by atoms with Crippen LogP contribution < -0.4 is 10.2 Å². The first kappa shape index (κ1) is 31.1. The minimum absolute atomic E-state index is 0.0131. The maximum atomic E-state index is 13.5. The summed E-state index contributed by atoms with van der Waals surface area (Å²) >= 11 is 0. The number of anilines is 2. The normalized spacial score (nSPS) is 17.9. The smallest absolute Gasteiger partial charge is 0.416 e. The fourth-order valence-electron chi connectivity index (χ4n) is 4.62. The van der Waals surface area contributed by atoms with Crippen LogP contribution in [0.25, 0.3) is 5.65 Å². The lowest BCUT2D eigenvalue weighted by molar-refractivity contribution is -0.0104. The van der Waals surface area contributed by atoms with E-state index in [4.69, 9.17) is 18.9 Å². The molecule has 1 aliphatic heterocycles. The third-order valence-electron chi connectivity index (χ3n) is 6.69. The van der Waals surface area contributed by atoms with E-state index in [9.17, 15) is 14.7 Å². The topological polar surface area (TPSA) is 148 Å². The van der Waals surface area contributed by atoms with Crippen molar-refractivity contribution in [3.63, 3.8) is 0 Å². The number of carbonyl (C=O) groups excluding carboxylic acids is 2. The lowest BCUT2D eigenvalue weighted by atomic mass is 9.94. The standard InChI is InChI=1S/C29H43N7O6/c1-18(2)20-15-32-36-24(35(17-23-30-10-12-40-23)27(39)42-29(6,7)8)13-22(33-25(20)36)31-14-19-9-11-34(16-21(19)37)26(38)41-28(3,4)5/h10,12-13,15,18-19,21,37H,9,11,14,16-17H2,1-8H3,(H,31,33)/t19-,21+/m1/s1. The summed E-state index contributed by atoms with van der Waals surface area (Å²) in [5.41, 5.74) is 0.152. The summed E-state index contributed by atoms with van der Waals surface area (Å²) < 4.78 is 18.3. The molecule has 0 saturated carbocycles. The molecule has 230 valence electrons. The number of aliphatic hydroxyl groups is 1. The van der Waals surface area contributed by atoms with Gasteiger partial charge in [-0.2, -0.15) is 9.61 Å². The number of piperidine rings is 1. The summed E-state index contributed by atoms with van der Waals surface area (Å²) in [4.78, 5) is 38.0. The Kier molecular flexibility index (Phi) is 9.00. The Morgan fingerprint density at radius 3 is 2.50 bits per heavy atom. The highest BCUT2D eigenvalue weighted by molar-refractivity contribution is 5.87. The van der Waals surface area contributed by atoms with E-state index >= 15 is 0 Å². The monoisotopic (exact) mass is 585 g/mol. The van der Waals surface area contributed by atoms with Gasteiger partial charge in [0, 0.05) is 30.6 Å². The van der Waals surface area contributed by atoms with Crippen molar-refractivity contribution in [3.8, 4) is 0 Å². The third kappa shape index (κ3) is 7.69. The number of rotatable bonds is 7. The van der Waals surface area contributed by atoms with Gasteiger partial charge in [-0.25, -0.2) is 19.6 Å². The van der Waals surface area contributed by atoms with E-state index in [0.29, 0.717) is 42.7 Å². The number of nitrogens with one attached hydrogen (secondary N) is 1. The zero-order valence-electron chi connectivity index (χ0n) is 25.7. The van der Waals surface area contributed by atoms with E-state index in [2.05, 4.69) is 15.4 Å². The van der Waals surface area contributed by atoms with Crippen molar-refractivity contribution < 1.29 is 28.6 Å². The van der Waals surface area contributed by atoms with Crippen LogP contribution in [0.1, 0.15) is 79.2 Å². The molecule has 0 aliphatic carbocycles. The average Bonchev–Trinajstić information content (AvgIpc) is 3.54. The predicted octanol–water partition coefficient (Wildman–Crippen LogP) is 4.81. The van der Waals surface area contributed by atoms with Gasteiger partial charge in [0.25, 0.3) is 0 Å². The fraction of sp³-hybridized carbons (Fsp3) is 0.621. The molecule has 4 heterocycles. The van der Waals surface area contributed by atoms with Gasteiger partial charge in [-0.05, 0) is 53.9 Å². The molecule has 0 unspecified atom stereocenters. The Hall–Kier alpha value is -3.87. The number of carbonyl (C=O) groups is 2. The van der Waals surface area contributed by atoms with Crippen LogP contribution in [-0.2, 0) is 16.0 Å². The lowest BCUT2D eigenvalue weighted by Crippen LogP contribution is -2.49. The van der Waals surface area contributed by atoms with Crippen LogP contribution in [0.4, 0.5) is 21.2 Å². The van der Waals surface area contributed by atoms with Gasteiger partial charge in [0.1, 0.15) is 35.6 Å². The molecule has 2 N–H and O–H groups in total. The van der Waals surface area contributed by atoms with E-state index in [1.54, 1.807) is 37.5 Å². The van der Waals surface area contributed by atoms with Crippen molar-refractivity contribution in [2.45, 2.75) is 91.6 Å². The molecule has 1 saturated heterocycles. The van der Waals surface area contributed by atoms with Crippen molar-refractivity contribution in [3.05, 3.63) is 36.2 Å². The average molecular weight is 586 g/mol. The molecule has 42 heavy (non-hydrogen) atoms. The number of nitrogens with zero attached hydrogens (tertiary/aromatic N) is 6. The van der Waals surface area contributed by atoms with Crippen molar-refractivity contribution >= 4 is 29.5 Å². The van der Waals surface area contributed by atoms with E-state index < -0.39 is 29.5 Å². The summed E-state index contributed by atoms with van der Waals surface area (Å²) in [7, 11) is 0. The quantitative estimate of drug-likeness (QED) is 0.396. The van der Waals surface area contributed by atoms with Gasteiger partial charge in [0.15, 0.2) is 5.65 Å². The molecule has 1 aliphatic rings. The molecular formula is C29H43N7O6. The van der Waals surface area contributed by atoms with Crippen LogP contribution in [0.5, 0.6) is 0 Å². The van der Waals surface area contributed by atoms with Crippen molar-refractivity contribution in [1.82, 2.24) is 24.5 Å². The molecule has 0 spiro atoms. The molecule has 3 aromatic heterocycles.